The number of fused-ring (bicyclic) bond motifs is 1. The van der Waals surface area contributed by atoms with Crippen molar-refractivity contribution in [1.82, 2.24) is 15.1 Å². The van der Waals surface area contributed by atoms with Crippen LogP contribution < -0.4 is 15.4 Å². The van der Waals surface area contributed by atoms with Gasteiger partial charge < -0.3 is 24.6 Å². The van der Waals surface area contributed by atoms with E-state index in [1.54, 1.807) is 47.4 Å². The molecule has 0 bridgehead atoms. The van der Waals surface area contributed by atoms with E-state index in [0.717, 1.165) is 0 Å². The van der Waals surface area contributed by atoms with Gasteiger partial charge in [-0.3, -0.25) is 24.5 Å². The molecule has 1 unspecified atom stereocenters. The monoisotopic (exact) mass is 548 g/mol. The van der Waals surface area contributed by atoms with Gasteiger partial charge in [0, 0.05) is 48.8 Å². The van der Waals surface area contributed by atoms with Crippen molar-refractivity contribution in [1.29, 1.82) is 0 Å². The number of likely N-dealkylation sites (tertiary alicyclic amines) is 1. The zero-order valence-corrected chi connectivity index (χ0v) is 22.7. The number of amides is 5. The first-order valence-electron chi connectivity index (χ1n) is 13.3. The fraction of sp³-hybridized carbons (Fsp3) is 0.414. The van der Waals surface area contributed by atoms with Crippen molar-refractivity contribution >= 4 is 35.4 Å². The summed E-state index contributed by atoms with van der Waals surface area (Å²) >= 11 is 0. The summed E-state index contributed by atoms with van der Waals surface area (Å²) in [6.45, 7) is 7.34. The number of rotatable bonds is 6. The molecule has 2 aromatic rings. The zero-order chi connectivity index (χ0) is 28.6. The summed E-state index contributed by atoms with van der Waals surface area (Å²) in [7, 11) is 0. The van der Waals surface area contributed by atoms with Crippen molar-refractivity contribution in [3.05, 3.63) is 59.2 Å². The van der Waals surface area contributed by atoms with Gasteiger partial charge in [0.15, 0.2) is 0 Å². The fourth-order valence-corrected chi connectivity index (χ4v) is 4.92. The normalized spacial score (nSPS) is 19.1. The number of piperidine rings is 1. The topological polar surface area (TPSA) is 134 Å². The van der Waals surface area contributed by atoms with Crippen LogP contribution in [-0.2, 0) is 20.9 Å². The lowest BCUT2D eigenvalue weighted by atomic mass is 10.0. The van der Waals surface area contributed by atoms with Gasteiger partial charge >= 0.3 is 6.09 Å². The van der Waals surface area contributed by atoms with Gasteiger partial charge in [-0.25, -0.2) is 4.79 Å². The zero-order valence-electron chi connectivity index (χ0n) is 22.7. The third kappa shape index (κ3) is 5.93. The van der Waals surface area contributed by atoms with E-state index < -0.39 is 17.6 Å². The molecule has 2 N–H and O–H groups in total. The number of carbonyl (C=O) groups excluding carboxylic acids is 5. The minimum absolute atomic E-state index is 0.189. The number of imide groups is 1. The lowest BCUT2D eigenvalue weighted by Crippen LogP contribution is -2.53. The van der Waals surface area contributed by atoms with Gasteiger partial charge in [0.2, 0.25) is 11.8 Å². The quantitative estimate of drug-likeness (QED) is 0.530. The summed E-state index contributed by atoms with van der Waals surface area (Å²) in [6.07, 6.45) is 0.161. The minimum atomic E-state index is -0.690. The summed E-state index contributed by atoms with van der Waals surface area (Å²) < 4.78 is 11.2. The van der Waals surface area contributed by atoms with Crippen LogP contribution in [0.5, 0.6) is 5.75 Å². The molecule has 11 nitrogen and oxygen atoms in total. The molecule has 3 heterocycles. The van der Waals surface area contributed by atoms with Crippen molar-refractivity contribution in [3.63, 3.8) is 0 Å². The molecule has 5 rings (SSSR count). The molecule has 3 aliphatic heterocycles. The summed E-state index contributed by atoms with van der Waals surface area (Å²) in [6, 6.07) is 11.1. The Hall–Kier alpha value is -4.41. The highest BCUT2D eigenvalue weighted by Crippen LogP contribution is 2.30. The van der Waals surface area contributed by atoms with Gasteiger partial charge in [-0.1, -0.05) is 0 Å². The number of anilines is 1. The predicted molar refractivity (Wildman–Crippen MR) is 144 cm³/mol. The Morgan fingerprint density at radius 1 is 1.05 bits per heavy atom. The molecule has 2 aromatic carbocycles. The van der Waals surface area contributed by atoms with Gasteiger partial charge in [-0.15, -0.1) is 0 Å². The van der Waals surface area contributed by atoms with Crippen molar-refractivity contribution in [2.45, 2.75) is 51.8 Å². The number of ether oxygens (including phenoxy) is 2. The van der Waals surface area contributed by atoms with Gasteiger partial charge in [0.1, 0.15) is 17.4 Å². The maximum atomic E-state index is 12.9. The molecular formula is C29H32N4O7. The van der Waals surface area contributed by atoms with Gasteiger partial charge in [-0.2, -0.15) is 0 Å². The third-order valence-electron chi connectivity index (χ3n) is 6.99. The van der Waals surface area contributed by atoms with Crippen LogP contribution in [0.2, 0.25) is 0 Å². The van der Waals surface area contributed by atoms with Crippen LogP contribution in [0, 0.1) is 5.92 Å². The van der Waals surface area contributed by atoms with E-state index in [9.17, 15) is 24.0 Å². The first-order chi connectivity index (χ1) is 19.0. The smallest absolute Gasteiger partial charge is 0.410 e. The molecule has 3 aliphatic rings. The second-order valence-electron chi connectivity index (χ2n) is 11.3. The number of nitrogens with zero attached hydrogens (tertiary/aromatic N) is 2. The Morgan fingerprint density at radius 2 is 1.77 bits per heavy atom. The van der Waals surface area contributed by atoms with E-state index in [4.69, 9.17) is 9.47 Å². The molecule has 5 amide bonds. The lowest BCUT2D eigenvalue weighted by molar-refractivity contribution is -0.136. The van der Waals surface area contributed by atoms with E-state index in [1.165, 1.54) is 4.90 Å². The van der Waals surface area contributed by atoms with Crippen LogP contribution in [0.15, 0.2) is 42.5 Å². The summed E-state index contributed by atoms with van der Waals surface area (Å²) in [5.41, 5.74) is 1.63. The molecule has 2 saturated heterocycles. The number of nitrogens with one attached hydrogen (secondary N) is 2. The Morgan fingerprint density at radius 3 is 2.45 bits per heavy atom. The molecule has 0 aliphatic carbocycles. The highest BCUT2D eigenvalue weighted by molar-refractivity contribution is 6.07. The first-order valence-corrected chi connectivity index (χ1v) is 13.3. The van der Waals surface area contributed by atoms with Gasteiger partial charge in [0.05, 0.1) is 6.61 Å². The SMILES string of the molecule is CC(C)(C)OC(=O)N1CC(COc2ccc(C(=O)Nc3ccc4c(c3)CN(C3CCC(=O)NC3=O)C4=O)cc2)C1. The number of hydrogen-bond donors (Lipinski definition) is 2. The fourth-order valence-electron chi connectivity index (χ4n) is 4.92. The first kappa shape index (κ1) is 27.2. The van der Waals surface area contributed by atoms with Crippen LogP contribution in [0.3, 0.4) is 0 Å². The number of benzene rings is 2. The molecule has 0 spiro atoms. The Kier molecular flexibility index (Phi) is 7.22. The maximum absolute atomic E-state index is 12.9. The van der Waals surface area contributed by atoms with Crippen molar-refractivity contribution in [2.24, 2.45) is 5.92 Å². The number of carbonyl (C=O) groups is 5. The highest BCUT2D eigenvalue weighted by Gasteiger charge is 2.39. The predicted octanol–water partition coefficient (Wildman–Crippen LogP) is 2.95. The summed E-state index contributed by atoms with van der Waals surface area (Å²) in [5, 5.41) is 5.14. The van der Waals surface area contributed by atoms with Crippen molar-refractivity contribution < 1.29 is 33.4 Å². The minimum Gasteiger partial charge on any atom is -0.493 e. The van der Waals surface area contributed by atoms with Crippen LogP contribution >= 0.6 is 0 Å². The average Bonchev–Trinajstić information content (AvgIpc) is 3.17. The molecule has 0 saturated carbocycles. The largest absolute Gasteiger partial charge is 0.493 e. The second kappa shape index (κ2) is 10.6. The maximum Gasteiger partial charge on any atom is 0.410 e. The van der Waals surface area contributed by atoms with E-state index in [1.807, 2.05) is 20.8 Å². The van der Waals surface area contributed by atoms with Crippen LogP contribution in [0.1, 0.15) is 59.9 Å². The van der Waals surface area contributed by atoms with E-state index in [-0.39, 0.29) is 42.7 Å². The Balaban J connectivity index is 1.11. The molecule has 210 valence electrons. The molecule has 1 atom stereocenters. The molecule has 0 radical (unpaired) electrons. The van der Waals surface area contributed by atoms with E-state index in [0.29, 0.717) is 54.2 Å². The van der Waals surface area contributed by atoms with E-state index in [2.05, 4.69) is 10.6 Å². The Bertz CT molecular complexity index is 1360. The summed E-state index contributed by atoms with van der Waals surface area (Å²) in [5.74, 6) is -0.541. The lowest BCUT2D eigenvalue weighted by Gasteiger charge is -2.39. The highest BCUT2D eigenvalue weighted by atomic mass is 16.6. The molecule has 11 heteroatoms. The standard InChI is InChI=1S/C29H32N4O7/c1-29(2,3)40-28(38)32-13-17(14-32)16-39-21-7-4-18(5-8-21)25(35)30-20-6-9-22-19(12-20)15-33(27(22)37)23-10-11-24(34)31-26(23)36/h4-9,12,17,23H,10-11,13-16H2,1-3H3,(H,30,35)(H,31,34,36). The van der Waals surface area contributed by atoms with Gasteiger partial charge in [0.25, 0.3) is 11.8 Å². The average molecular weight is 549 g/mol. The molecule has 40 heavy (non-hydrogen) atoms. The molecule has 0 aromatic heterocycles. The van der Waals surface area contributed by atoms with Gasteiger partial charge in [-0.05, 0) is 75.2 Å². The Labute approximate surface area is 231 Å². The second-order valence-corrected chi connectivity index (χ2v) is 11.3. The van der Waals surface area contributed by atoms with Crippen LogP contribution in [-0.4, -0.2) is 70.9 Å². The third-order valence-corrected chi connectivity index (χ3v) is 6.99. The summed E-state index contributed by atoms with van der Waals surface area (Å²) in [4.78, 5) is 64.6. The van der Waals surface area contributed by atoms with Crippen LogP contribution in [0.25, 0.3) is 0 Å². The van der Waals surface area contributed by atoms with Crippen LogP contribution in [0.4, 0.5) is 10.5 Å². The van der Waals surface area contributed by atoms with Crippen molar-refractivity contribution in [3.8, 4) is 5.75 Å². The molecule has 2 fully saturated rings. The van der Waals surface area contributed by atoms with E-state index >= 15 is 0 Å². The molecular weight excluding hydrogens is 516 g/mol. The van der Waals surface area contributed by atoms with Crippen molar-refractivity contribution in [2.75, 3.05) is 25.0 Å². The number of hydrogen-bond acceptors (Lipinski definition) is 7.